The highest BCUT2D eigenvalue weighted by Crippen LogP contribution is 2.23. The minimum Gasteiger partial charge on any atom is -0.348 e. The molecule has 0 aliphatic rings. The summed E-state index contributed by atoms with van der Waals surface area (Å²) in [5.41, 5.74) is 1.85. The molecule has 0 bridgehead atoms. The third-order valence-corrected chi connectivity index (χ3v) is 4.43. The molecule has 0 fully saturated rings. The van der Waals surface area contributed by atoms with Gasteiger partial charge in [-0.25, -0.2) is 14.6 Å². The van der Waals surface area contributed by atoms with E-state index < -0.39 is 0 Å². The number of hydrogen-bond acceptors (Lipinski definition) is 5. The number of aromatic nitrogens is 4. The Morgan fingerprint density at radius 1 is 1.29 bits per heavy atom. The van der Waals surface area contributed by atoms with Crippen molar-refractivity contribution in [1.29, 1.82) is 0 Å². The molecule has 6 nitrogen and oxygen atoms in total. The van der Waals surface area contributed by atoms with E-state index in [1.54, 1.807) is 16.0 Å². The van der Waals surface area contributed by atoms with Gasteiger partial charge in [-0.3, -0.25) is 4.79 Å². The number of rotatable bonds is 6. The summed E-state index contributed by atoms with van der Waals surface area (Å²) in [6.07, 6.45) is 1.77. The van der Waals surface area contributed by atoms with Gasteiger partial charge in [0.25, 0.3) is 0 Å². The fourth-order valence-corrected chi connectivity index (χ4v) is 3.16. The molecule has 2 heterocycles. The predicted octanol–water partition coefficient (Wildman–Crippen LogP) is 2.84. The molecule has 1 amide bonds. The van der Waals surface area contributed by atoms with Crippen LogP contribution in [0.3, 0.4) is 0 Å². The van der Waals surface area contributed by atoms with Gasteiger partial charge >= 0.3 is 0 Å². The van der Waals surface area contributed by atoms with Gasteiger partial charge in [0.15, 0.2) is 0 Å². The molecule has 3 aromatic rings. The lowest BCUT2D eigenvalue weighted by molar-refractivity contribution is -0.120. The van der Waals surface area contributed by atoms with Crippen LogP contribution in [0.5, 0.6) is 0 Å². The fourth-order valence-electron chi connectivity index (χ4n) is 2.34. The second-order valence-corrected chi connectivity index (χ2v) is 6.54. The molecule has 0 atom stereocenters. The summed E-state index contributed by atoms with van der Waals surface area (Å²) in [6.45, 7) is 4.42. The number of thiazole rings is 1. The maximum Gasteiger partial charge on any atom is 0.226 e. The van der Waals surface area contributed by atoms with Crippen molar-refractivity contribution in [2.45, 2.75) is 32.9 Å². The molecular weight excluding hydrogens is 322 g/mol. The van der Waals surface area contributed by atoms with Crippen LogP contribution in [0, 0.1) is 0 Å². The van der Waals surface area contributed by atoms with Crippen molar-refractivity contribution >= 4 is 17.2 Å². The van der Waals surface area contributed by atoms with Crippen LogP contribution in [0.1, 0.15) is 31.4 Å². The van der Waals surface area contributed by atoms with Gasteiger partial charge in [-0.1, -0.05) is 30.3 Å². The SMILES string of the molecule is CC(C)n1ncnc1CNC(=O)Cc1csc(-c2ccccc2)n1. The van der Waals surface area contributed by atoms with Gasteiger partial charge in [-0.05, 0) is 13.8 Å². The van der Waals surface area contributed by atoms with Gasteiger partial charge in [-0.15, -0.1) is 11.3 Å². The predicted molar refractivity (Wildman–Crippen MR) is 93.5 cm³/mol. The highest BCUT2D eigenvalue weighted by atomic mass is 32.1. The zero-order valence-corrected chi connectivity index (χ0v) is 14.5. The largest absolute Gasteiger partial charge is 0.348 e. The Hall–Kier alpha value is -2.54. The molecule has 3 rings (SSSR count). The van der Waals surface area contributed by atoms with Crippen molar-refractivity contribution in [2.24, 2.45) is 0 Å². The molecule has 2 aromatic heterocycles. The normalized spacial score (nSPS) is 11.0. The van der Waals surface area contributed by atoms with Crippen molar-refractivity contribution in [2.75, 3.05) is 0 Å². The Labute approximate surface area is 144 Å². The highest BCUT2D eigenvalue weighted by Gasteiger charge is 2.11. The Balaban J connectivity index is 1.58. The van der Waals surface area contributed by atoms with Crippen LogP contribution in [0.25, 0.3) is 10.6 Å². The van der Waals surface area contributed by atoms with Crippen molar-refractivity contribution < 1.29 is 4.79 Å². The summed E-state index contributed by atoms with van der Waals surface area (Å²) in [6, 6.07) is 10.2. The first-order chi connectivity index (χ1) is 11.6. The van der Waals surface area contributed by atoms with E-state index in [2.05, 4.69) is 20.4 Å². The highest BCUT2D eigenvalue weighted by molar-refractivity contribution is 7.13. The van der Waals surface area contributed by atoms with Gasteiger partial charge in [-0.2, -0.15) is 5.10 Å². The van der Waals surface area contributed by atoms with E-state index in [-0.39, 0.29) is 18.4 Å². The minimum absolute atomic E-state index is 0.0711. The summed E-state index contributed by atoms with van der Waals surface area (Å²) >= 11 is 1.55. The quantitative estimate of drug-likeness (QED) is 0.748. The molecular formula is C17H19N5OS. The first kappa shape index (κ1) is 16.3. The average molecular weight is 341 g/mol. The third-order valence-electron chi connectivity index (χ3n) is 3.49. The molecule has 1 aromatic carbocycles. The van der Waals surface area contributed by atoms with Crippen LogP contribution in [0.2, 0.25) is 0 Å². The number of carbonyl (C=O) groups excluding carboxylic acids is 1. The molecule has 0 radical (unpaired) electrons. The van der Waals surface area contributed by atoms with Gasteiger partial charge in [0.1, 0.15) is 17.2 Å². The first-order valence-corrected chi connectivity index (χ1v) is 8.66. The van der Waals surface area contributed by atoms with E-state index in [1.165, 1.54) is 6.33 Å². The minimum atomic E-state index is -0.0711. The average Bonchev–Trinajstić information content (AvgIpc) is 3.23. The Kier molecular flexibility index (Phi) is 5.00. The maximum atomic E-state index is 12.1. The molecule has 1 N–H and O–H groups in total. The topological polar surface area (TPSA) is 72.7 Å². The molecule has 0 aliphatic carbocycles. The number of amides is 1. The summed E-state index contributed by atoms with van der Waals surface area (Å²) in [4.78, 5) is 20.9. The molecule has 24 heavy (non-hydrogen) atoms. The van der Waals surface area contributed by atoms with Gasteiger partial charge in [0, 0.05) is 17.0 Å². The zero-order valence-electron chi connectivity index (χ0n) is 13.6. The zero-order chi connectivity index (χ0) is 16.9. The van der Waals surface area contributed by atoms with Gasteiger partial charge in [0.05, 0.1) is 18.7 Å². The Morgan fingerprint density at radius 2 is 2.08 bits per heavy atom. The molecule has 0 unspecified atom stereocenters. The monoisotopic (exact) mass is 341 g/mol. The number of nitrogens with one attached hydrogen (secondary N) is 1. The number of carbonyl (C=O) groups is 1. The van der Waals surface area contributed by atoms with Crippen LogP contribution in [0.15, 0.2) is 42.0 Å². The number of nitrogens with zero attached hydrogens (tertiary/aromatic N) is 4. The van der Waals surface area contributed by atoms with Crippen molar-refractivity contribution in [1.82, 2.24) is 25.1 Å². The summed E-state index contributed by atoms with van der Waals surface area (Å²) < 4.78 is 1.80. The van der Waals surface area contributed by atoms with Crippen LogP contribution in [-0.4, -0.2) is 25.7 Å². The Bertz CT molecular complexity index is 809. The molecule has 0 spiro atoms. The maximum absolute atomic E-state index is 12.1. The van der Waals surface area contributed by atoms with Crippen molar-refractivity contribution in [3.63, 3.8) is 0 Å². The standard InChI is InChI=1S/C17H19N5OS/c1-12(2)22-15(19-11-20-22)9-18-16(23)8-14-10-24-17(21-14)13-6-4-3-5-7-13/h3-7,10-12H,8-9H2,1-2H3,(H,18,23). The second-order valence-electron chi connectivity index (χ2n) is 5.68. The molecule has 0 saturated carbocycles. The van der Waals surface area contributed by atoms with Crippen molar-refractivity contribution in [3.8, 4) is 10.6 Å². The van der Waals surface area contributed by atoms with Gasteiger partial charge in [0.2, 0.25) is 5.91 Å². The molecule has 0 aliphatic heterocycles. The van der Waals surface area contributed by atoms with E-state index in [9.17, 15) is 4.79 Å². The van der Waals surface area contributed by atoms with Crippen LogP contribution >= 0.6 is 11.3 Å². The summed E-state index contributed by atoms with van der Waals surface area (Å²) in [5, 5.41) is 9.90. The third kappa shape index (κ3) is 3.86. The van der Waals surface area contributed by atoms with Crippen molar-refractivity contribution in [3.05, 3.63) is 53.6 Å². The first-order valence-electron chi connectivity index (χ1n) is 7.78. The van der Waals surface area contributed by atoms with E-state index >= 15 is 0 Å². The second kappa shape index (κ2) is 7.35. The van der Waals surface area contributed by atoms with E-state index in [4.69, 9.17) is 0 Å². The summed E-state index contributed by atoms with van der Waals surface area (Å²) in [5.74, 6) is 0.680. The Morgan fingerprint density at radius 3 is 2.83 bits per heavy atom. The fraction of sp³-hybridized carbons (Fsp3) is 0.294. The van der Waals surface area contributed by atoms with Gasteiger partial charge < -0.3 is 5.32 Å². The molecule has 0 saturated heterocycles. The van der Waals surface area contributed by atoms with Crippen LogP contribution < -0.4 is 5.32 Å². The number of benzene rings is 1. The lowest BCUT2D eigenvalue weighted by Gasteiger charge is -2.09. The van der Waals surface area contributed by atoms with Crippen LogP contribution in [0.4, 0.5) is 0 Å². The van der Waals surface area contributed by atoms with E-state index in [0.717, 1.165) is 22.1 Å². The lowest BCUT2D eigenvalue weighted by atomic mass is 10.2. The molecule has 124 valence electrons. The lowest BCUT2D eigenvalue weighted by Crippen LogP contribution is -2.26. The molecule has 7 heteroatoms. The smallest absolute Gasteiger partial charge is 0.226 e. The van der Waals surface area contributed by atoms with Crippen LogP contribution in [-0.2, 0) is 17.8 Å². The van der Waals surface area contributed by atoms with E-state index in [0.29, 0.717) is 6.54 Å². The number of hydrogen-bond donors (Lipinski definition) is 1. The van der Waals surface area contributed by atoms with E-state index in [1.807, 2.05) is 49.6 Å². The summed E-state index contributed by atoms with van der Waals surface area (Å²) in [7, 11) is 0.